The highest BCUT2D eigenvalue weighted by Gasteiger charge is 2.47. The maximum atomic E-state index is 12.0. The van der Waals surface area contributed by atoms with Crippen LogP contribution in [0.2, 0.25) is 0 Å². The molecule has 0 amide bonds. The summed E-state index contributed by atoms with van der Waals surface area (Å²) in [7, 11) is 1.24. The Bertz CT molecular complexity index is 421. The zero-order valence-corrected chi connectivity index (χ0v) is 12.2. The van der Waals surface area contributed by atoms with E-state index in [1.807, 2.05) is 30.3 Å². The van der Waals surface area contributed by atoms with Crippen LogP contribution in [0.4, 0.5) is 0 Å². The lowest BCUT2D eigenvalue weighted by molar-refractivity contribution is -0.159. The van der Waals surface area contributed by atoms with Gasteiger partial charge in [0.2, 0.25) is 0 Å². The van der Waals surface area contributed by atoms with Crippen molar-refractivity contribution in [2.24, 2.45) is 5.92 Å². The lowest BCUT2D eigenvalue weighted by Crippen LogP contribution is -2.64. The van der Waals surface area contributed by atoms with Crippen LogP contribution in [0.3, 0.4) is 0 Å². The number of ether oxygens (including phenoxy) is 1. The number of hydrogen-bond acceptors (Lipinski definition) is 5. The molecular weight excluding hydrogens is 258 g/mol. The van der Waals surface area contributed by atoms with Crippen molar-refractivity contribution in [1.82, 2.24) is 5.32 Å². The van der Waals surface area contributed by atoms with Crippen LogP contribution in [-0.4, -0.2) is 41.5 Å². The molecule has 0 saturated carbocycles. The van der Waals surface area contributed by atoms with Crippen molar-refractivity contribution in [3.05, 3.63) is 35.9 Å². The standard InChI is InChI=1S/C15H23NO4/c1-11(2)13(18)15(10-17,14(19)20-3)16-9-12-7-5-4-6-8-12/h4-8,11,13,16-18H,9-10H2,1-3H3/t13-,15+/m1/s1. The molecule has 5 nitrogen and oxygen atoms in total. The lowest BCUT2D eigenvalue weighted by atomic mass is 9.85. The summed E-state index contributed by atoms with van der Waals surface area (Å²) in [6.45, 7) is 3.37. The van der Waals surface area contributed by atoms with Gasteiger partial charge in [0.15, 0.2) is 5.54 Å². The molecule has 0 fully saturated rings. The maximum Gasteiger partial charge on any atom is 0.331 e. The number of aliphatic hydroxyl groups excluding tert-OH is 2. The van der Waals surface area contributed by atoms with Gasteiger partial charge in [-0.05, 0) is 11.5 Å². The molecule has 2 atom stereocenters. The van der Waals surface area contributed by atoms with Gasteiger partial charge in [0.25, 0.3) is 0 Å². The van der Waals surface area contributed by atoms with Crippen LogP contribution in [0.5, 0.6) is 0 Å². The Hall–Kier alpha value is -1.43. The van der Waals surface area contributed by atoms with Gasteiger partial charge in [0.05, 0.1) is 19.8 Å². The number of hydrogen-bond donors (Lipinski definition) is 3. The first-order valence-corrected chi connectivity index (χ1v) is 6.64. The van der Waals surface area contributed by atoms with Crippen LogP contribution in [0, 0.1) is 5.92 Å². The van der Waals surface area contributed by atoms with Gasteiger partial charge in [-0.25, -0.2) is 4.79 Å². The number of carbonyl (C=O) groups excluding carboxylic acids is 1. The van der Waals surface area contributed by atoms with Gasteiger partial charge in [-0.1, -0.05) is 44.2 Å². The predicted octanol–water partition coefficient (Wildman–Crippen LogP) is 0.697. The molecule has 0 unspecified atom stereocenters. The summed E-state index contributed by atoms with van der Waals surface area (Å²) >= 11 is 0. The second-order valence-corrected chi connectivity index (χ2v) is 5.15. The van der Waals surface area contributed by atoms with Crippen LogP contribution in [0.1, 0.15) is 19.4 Å². The highest BCUT2D eigenvalue weighted by Crippen LogP contribution is 2.20. The Balaban J connectivity index is 2.95. The normalized spacial score (nSPS) is 15.7. The van der Waals surface area contributed by atoms with E-state index in [1.165, 1.54) is 7.11 Å². The topological polar surface area (TPSA) is 78.8 Å². The van der Waals surface area contributed by atoms with Crippen LogP contribution >= 0.6 is 0 Å². The van der Waals surface area contributed by atoms with Gasteiger partial charge < -0.3 is 14.9 Å². The fourth-order valence-corrected chi connectivity index (χ4v) is 2.12. The Morgan fingerprint density at radius 1 is 1.35 bits per heavy atom. The predicted molar refractivity (Wildman–Crippen MR) is 76.0 cm³/mol. The van der Waals surface area contributed by atoms with Gasteiger partial charge in [0.1, 0.15) is 0 Å². The van der Waals surface area contributed by atoms with Crippen molar-refractivity contribution < 1.29 is 19.7 Å². The van der Waals surface area contributed by atoms with Crippen molar-refractivity contribution in [2.45, 2.75) is 32.0 Å². The van der Waals surface area contributed by atoms with E-state index in [-0.39, 0.29) is 5.92 Å². The third-order valence-electron chi connectivity index (χ3n) is 3.39. The monoisotopic (exact) mass is 281 g/mol. The van der Waals surface area contributed by atoms with Crippen molar-refractivity contribution in [2.75, 3.05) is 13.7 Å². The van der Waals surface area contributed by atoms with E-state index in [0.717, 1.165) is 5.56 Å². The fraction of sp³-hybridized carbons (Fsp3) is 0.533. The molecule has 0 heterocycles. The largest absolute Gasteiger partial charge is 0.467 e. The Morgan fingerprint density at radius 3 is 2.40 bits per heavy atom. The molecule has 0 aliphatic carbocycles. The van der Waals surface area contributed by atoms with Gasteiger partial charge in [-0.2, -0.15) is 0 Å². The number of rotatable bonds is 7. The minimum Gasteiger partial charge on any atom is -0.467 e. The summed E-state index contributed by atoms with van der Waals surface area (Å²) in [5.74, 6) is -0.873. The number of aliphatic hydroxyl groups is 2. The first kappa shape index (κ1) is 16.6. The third kappa shape index (κ3) is 3.56. The summed E-state index contributed by atoms with van der Waals surface area (Å²) in [4.78, 5) is 12.0. The van der Waals surface area contributed by atoms with E-state index in [1.54, 1.807) is 13.8 Å². The summed E-state index contributed by atoms with van der Waals surface area (Å²) in [6.07, 6.45) is -1.05. The molecule has 0 radical (unpaired) electrons. The molecule has 20 heavy (non-hydrogen) atoms. The third-order valence-corrected chi connectivity index (χ3v) is 3.39. The zero-order chi connectivity index (χ0) is 15.2. The van der Waals surface area contributed by atoms with Crippen LogP contribution < -0.4 is 5.32 Å². The van der Waals surface area contributed by atoms with E-state index in [9.17, 15) is 15.0 Å². The summed E-state index contributed by atoms with van der Waals surface area (Å²) < 4.78 is 4.74. The molecule has 0 saturated heterocycles. The molecule has 5 heteroatoms. The van der Waals surface area contributed by atoms with Gasteiger partial charge in [-0.15, -0.1) is 0 Å². The van der Waals surface area contributed by atoms with Gasteiger partial charge in [0, 0.05) is 6.54 Å². The molecule has 1 rings (SSSR count). The number of esters is 1. The minimum atomic E-state index is -1.52. The highest BCUT2D eigenvalue weighted by atomic mass is 16.5. The van der Waals surface area contributed by atoms with Crippen molar-refractivity contribution >= 4 is 5.97 Å². The van der Waals surface area contributed by atoms with Crippen molar-refractivity contribution in [3.63, 3.8) is 0 Å². The SMILES string of the molecule is COC(=O)[C@@](CO)(NCc1ccccc1)[C@H](O)C(C)C. The average molecular weight is 281 g/mol. The molecule has 1 aromatic rings. The van der Waals surface area contributed by atoms with E-state index >= 15 is 0 Å². The van der Waals surface area contributed by atoms with Gasteiger partial charge >= 0.3 is 5.97 Å². The van der Waals surface area contributed by atoms with E-state index < -0.39 is 24.2 Å². The number of carbonyl (C=O) groups is 1. The van der Waals surface area contributed by atoms with E-state index in [2.05, 4.69) is 5.32 Å². The van der Waals surface area contributed by atoms with Crippen LogP contribution in [0.15, 0.2) is 30.3 Å². The quantitative estimate of drug-likeness (QED) is 0.641. The molecule has 1 aromatic carbocycles. The molecule has 0 aliphatic heterocycles. The van der Waals surface area contributed by atoms with E-state index in [0.29, 0.717) is 6.54 Å². The number of nitrogens with one attached hydrogen (secondary N) is 1. The molecule has 112 valence electrons. The van der Waals surface area contributed by atoms with Crippen LogP contribution in [-0.2, 0) is 16.1 Å². The Labute approximate surface area is 119 Å². The fourth-order valence-electron chi connectivity index (χ4n) is 2.12. The first-order valence-electron chi connectivity index (χ1n) is 6.64. The Kier molecular flexibility index (Phi) is 6.13. The van der Waals surface area contributed by atoms with Gasteiger partial charge in [-0.3, -0.25) is 5.32 Å². The lowest BCUT2D eigenvalue weighted by Gasteiger charge is -2.36. The molecule has 0 bridgehead atoms. The van der Waals surface area contributed by atoms with Crippen molar-refractivity contribution in [1.29, 1.82) is 0 Å². The molecule has 0 aromatic heterocycles. The average Bonchev–Trinajstić information content (AvgIpc) is 2.48. The minimum absolute atomic E-state index is 0.204. The zero-order valence-electron chi connectivity index (χ0n) is 12.2. The highest BCUT2D eigenvalue weighted by molar-refractivity contribution is 5.82. The molecule has 3 N–H and O–H groups in total. The molecular formula is C15H23NO4. The number of benzene rings is 1. The summed E-state index contributed by atoms with van der Waals surface area (Å²) in [6, 6.07) is 9.46. The molecule has 0 aliphatic rings. The Morgan fingerprint density at radius 2 is 1.95 bits per heavy atom. The van der Waals surface area contributed by atoms with Crippen LogP contribution in [0.25, 0.3) is 0 Å². The number of methoxy groups -OCH3 is 1. The second kappa shape index (κ2) is 7.38. The smallest absolute Gasteiger partial charge is 0.331 e. The summed E-state index contributed by atoms with van der Waals surface area (Å²) in [5.41, 5.74) is -0.566. The maximum absolute atomic E-state index is 12.0. The first-order chi connectivity index (χ1) is 9.47. The molecule has 0 spiro atoms. The van der Waals surface area contributed by atoms with Crippen molar-refractivity contribution in [3.8, 4) is 0 Å². The summed E-state index contributed by atoms with van der Waals surface area (Å²) in [5, 5.41) is 22.9. The second-order valence-electron chi connectivity index (χ2n) is 5.15. The van der Waals surface area contributed by atoms with E-state index in [4.69, 9.17) is 4.74 Å².